The van der Waals surface area contributed by atoms with Crippen molar-refractivity contribution in [2.75, 3.05) is 26.7 Å². The lowest BCUT2D eigenvalue weighted by atomic mass is 9.98. The lowest BCUT2D eigenvalue weighted by Crippen LogP contribution is -2.58. The summed E-state index contributed by atoms with van der Waals surface area (Å²) < 4.78 is 6.04. The molecule has 0 amide bonds. The standard InChI is InChI=1S/C12H26N2O/c1-10(13-6)7-14-8-11(2,3)15-12(4,5)9-14/h10,13H,7-9H2,1-6H3. The maximum Gasteiger partial charge on any atom is 0.0760 e. The molecule has 0 radical (unpaired) electrons. The number of nitrogens with zero attached hydrogens (tertiary/aromatic N) is 1. The zero-order valence-electron chi connectivity index (χ0n) is 11.1. The second-order valence-corrected chi connectivity index (χ2v) is 5.98. The summed E-state index contributed by atoms with van der Waals surface area (Å²) in [6.07, 6.45) is 0. The van der Waals surface area contributed by atoms with Crippen molar-refractivity contribution in [3.63, 3.8) is 0 Å². The third-order valence-corrected chi connectivity index (χ3v) is 2.79. The Morgan fingerprint density at radius 1 is 1.20 bits per heavy atom. The fraction of sp³-hybridized carbons (Fsp3) is 1.00. The van der Waals surface area contributed by atoms with Gasteiger partial charge in [0, 0.05) is 25.7 Å². The summed E-state index contributed by atoms with van der Waals surface area (Å²) in [4.78, 5) is 2.49. The summed E-state index contributed by atoms with van der Waals surface area (Å²) in [5, 5.41) is 3.28. The molecule has 1 saturated heterocycles. The highest BCUT2D eigenvalue weighted by molar-refractivity contribution is 4.89. The fourth-order valence-electron chi connectivity index (χ4n) is 2.55. The van der Waals surface area contributed by atoms with Crippen molar-refractivity contribution >= 4 is 0 Å². The van der Waals surface area contributed by atoms with Crippen molar-refractivity contribution in [3.8, 4) is 0 Å². The molecule has 1 rings (SSSR count). The molecule has 1 unspecified atom stereocenters. The van der Waals surface area contributed by atoms with Crippen LogP contribution in [0.1, 0.15) is 34.6 Å². The molecule has 1 aliphatic heterocycles. The molecule has 1 aliphatic rings. The SMILES string of the molecule is CNC(C)CN1CC(C)(C)OC(C)(C)C1. The molecule has 1 N–H and O–H groups in total. The molecular weight excluding hydrogens is 188 g/mol. The first-order valence-corrected chi connectivity index (χ1v) is 5.84. The molecule has 0 aliphatic carbocycles. The molecular formula is C12H26N2O. The van der Waals surface area contributed by atoms with Gasteiger partial charge in [-0.2, -0.15) is 0 Å². The van der Waals surface area contributed by atoms with Gasteiger partial charge in [0.15, 0.2) is 0 Å². The van der Waals surface area contributed by atoms with Gasteiger partial charge in [-0.1, -0.05) is 0 Å². The quantitative estimate of drug-likeness (QED) is 0.770. The lowest BCUT2D eigenvalue weighted by molar-refractivity contribution is -0.181. The van der Waals surface area contributed by atoms with Crippen LogP contribution < -0.4 is 5.32 Å². The number of hydrogen-bond acceptors (Lipinski definition) is 3. The van der Waals surface area contributed by atoms with Crippen LogP contribution in [0.3, 0.4) is 0 Å². The molecule has 1 heterocycles. The van der Waals surface area contributed by atoms with Crippen molar-refractivity contribution in [1.82, 2.24) is 10.2 Å². The number of hydrogen-bond donors (Lipinski definition) is 1. The Kier molecular flexibility index (Phi) is 3.80. The zero-order chi connectivity index (χ0) is 11.7. The van der Waals surface area contributed by atoms with Crippen LogP contribution in [0.5, 0.6) is 0 Å². The van der Waals surface area contributed by atoms with E-state index in [9.17, 15) is 0 Å². The second-order valence-electron chi connectivity index (χ2n) is 5.98. The van der Waals surface area contributed by atoms with Crippen LogP contribution in [0.2, 0.25) is 0 Å². The van der Waals surface area contributed by atoms with Crippen molar-refractivity contribution in [2.45, 2.75) is 51.9 Å². The molecule has 1 fully saturated rings. The van der Waals surface area contributed by atoms with E-state index in [2.05, 4.69) is 44.8 Å². The second kappa shape index (κ2) is 4.40. The highest BCUT2D eigenvalue weighted by Crippen LogP contribution is 2.27. The normalized spacial score (nSPS) is 27.6. The minimum absolute atomic E-state index is 0.0325. The molecule has 0 bridgehead atoms. The van der Waals surface area contributed by atoms with Gasteiger partial charge >= 0.3 is 0 Å². The minimum Gasteiger partial charge on any atom is -0.367 e. The topological polar surface area (TPSA) is 24.5 Å². The summed E-state index contributed by atoms with van der Waals surface area (Å²) in [5.41, 5.74) is -0.0651. The van der Waals surface area contributed by atoms with Crippen LogP contribution in [0.25, 0.3) is 0 Å². The molecule has 15 heavy (non-hydrogen) atoms. The third kappa shape index (κ3) is 4.09. The molecule has 0 spiro atoms. The van der Waals surface area contributed by atoms with Crippen LogP contribution in [0, 0.1) is 0 Å². The van der Waals surface area contributed by atoms with Gasteiger partial charge in [0.05, 0.1) is 11.2 Å². The first kappa shape index (κ1) is 12.9. The van der Waals surface area contributed by atoms with Gasteiger partial charge in [0.25, 0.3) is 0 Å². The number of morpholine rings is 1. The van der Waals surface area contributed by atoms with E-state index < -0.39 is 0 Å². The largest absolute Gasteiger partial charge is 0.367 e. The molecule has 0 aromatic carbocycles. The highest BCUT2D eigenvalue weighted by Gasteiger charge is 2.38. The maximum absolute atomic E-state index is 6.04. The Bertz CT molecular complexity index is 198. The molecule has 0 saturated carbocycles. The molecule has 1 atom stereocenters. The highest BCUT2D eigenvalue weighted by atomic mass is 16.5. The molecule has 3 heteroatoms. The van der Waals surface area contributed by atoms with Gasteiger partial charge in [0.2, 0.25) is 0 Å². The number of rotatable bonds is 3. The van der Waals surface area contributed by atoms with Gasteiger partial charge in [-0.3, -0.25) is 4.90 Å². The molecule has 90 valence electrons. The van der Waals surface area contributed by atoms with Crippen molar-refractivity contribution in [3.05, 3.63) is 0 Å². The Balaban J connectivity index is 2.59. The van der Waals surface area contributed by atoms with E-state index in [1.807, 2.05) is 7.05 Å². The summed E-state index contributed by atoms with van der Waals surface area (Å²) in [7, 11) is 2.02. The third-order valence-electron chi connectivity index (χ3n) is 2.79. The Hall–Kier alpha value is -0.120. The van der Waals surface area contributed by atoms with E-state index in [4.69, 9.17) is 4.74 Å². The first-order chi connectivity index (χ1) is 6.74. The van der Waals surface area contributed by atoms with Gasteiger partial charge in [-0.25, -0.2) is 0 Å². The van der Waals surface area contributed by atoms with E-state index in [0.29, 0.717) is 6.04 Å². The Morgan fingerprint density at radius 3 is 2.07 bits per heavy atom. The predicted molar refractivity (Wildman–Crippen MR) is 64.2 cm³/mol. The average Bonchev–Trinajstić information content (AvgIpc) is 1.97. The van der Waals surface area contributed by atoms with Crippen molar-refractivity contribution < 1.29 is 4.74 Å². The number of likely N-dealkylation sites (N-methyl/N-ethyl adjacent to an activating group) is 1. The van der Waals surface area contributed by atoms with Crippen molar-refractivity contribution in [2.24, 2.45) is 0 Å². The van der Waals surface area contributed by atoms with E-state index in [0.717, 1.165) is 19.6 Å². The molecule has 0 aromatic rings. The van der Waals surface area contributed by atoms with E-state index in [1.165, 1.54) is 0 Å². The first-order valence-electron chi connectivity index (χ1n) is 5.84. The van der Waals surface area contributed by atoms with E-state index >= 15 is 0 Å². The lowest BCUT2D eigenvalue weighted by Gasteiger charge is -2.47. The molecule has 3 nitrogen and oxygen atoms in total. The minimum atomic E-state index is -0.0325. The smallest absolute Gasteiger partial charge is 0.0760 e. The summed E-state index contributed by atoms with van der Waals surface area (Å²) in [5.74, 6) is 0. The van der Waals surface area contributed by atoms with E-state index in [-0.39, 0.29) is 11.2 Å². The van der Waals surface area contributed by atoms with Crippen LogP contribution in [-0.4, -0.2) is 48.8 Å². The Morgan fingerprint density at radius 2 is 1.67 bits per heavy atom. The fourth-order valence-corrected chi connectivity index (χ4v) is 2.55. The number of ether oxygens (including phenoxy) is 1. The van der Waals surface area contributed by atoms with Gasteiger partial charge in [-0.15, -0.1) is 0 Å². The summed E-state index contributed by atoms with van der Waals surface area (Å²) in [6, 6.07) is 0.537. The monoisotopic (exact) mass is 214 g/mol. The summed E-state index contributed by atoms with van der Waals surface area (Å²) >= 11 is 0. The average molecular weight is 214 g/mol. The van der Waals surface area contributed by atoms with Crippen LogP contribution in [0.15, 0.2) is 0 Å². The molecule has 0 aromatic heterocycles. The van der Waals surface area contributed by atoms with E-state index in [1.54, 1.807) is 0 Å². The van der Waals surface area contributed by atoms with Gasteiger partial charge < -0.3 is 10.1 Å². The van der Waals surface area contributed by atoms with Crippen LogP contribution in [-0.2, 0) is 4.74 Å². The number of nitrogens with one attached hydrogen (secondary N) is 1. The van der Waals surface area contributed by atoms with Gasteiger partial charge in [0.1, 0.15) is 0 Å². The summed E-state index contributed by atoms with van der Waals surface area (Å²) in [6.45, 7) is 14.0. The maximum atomic E-state index is 6.04. The Labute approximate surface area is 94.2 Å². The zero-order valence-corrected chi connectivity index (χ0v) is 11.1. The van der Waals surface area contributed by atoms with Crippen LogP contribution >= 0.6 is 0 Å². The van der Waals surface area contributed by atoms with Crippen LogP contribution in [0.4, 0.5) is 0 Å². The predicted octanol–water partition coefficient (Wildman–Crippen LogP) is 1.48. The van der Waals surface area contributed by atoms with Crippen molar-refractivity contribution in [1.29, 1.82) is 0 Å². The van der Waals surface area contributed by atoms with Gasteiger partial charge in [-0.05, 0) is 41.7 Å².